The lowest BCUT2D eigenvalue weighted by Gasteiger charge is -2.03. The summed E-state index contributed by atoms with van der Waals surface area (Å²) in [4.78, 5) is 4.11. The van der Waals surface area contributed by atoms with E-state index in [1.54, 1.807) is 23.1 Å². The molecule has 17 heavy (non-hydrogen) atoms. The molecular weight excluding hydrogens is 287 g/mol. The maximum atomic E-state index is 13.5. The van der Waals surface area contributed by atoms with Crippen LogP contribution >= 0.6 is 15.9 Å². The average Bonchev–Trinajstić information content (AvgIpc) is 2.72. The van der Waals surface area contributed by atoms with E-state index in [1.807, 2.05) is 7.05 Å². The molecule has 1 aromatic carbocycles. The maximum Gasteiger partial charge on any atom is 0.164 e. The van der Waals surface area contributed by atoms with Crippen LogP contribution in [0.5, 0.6) is 0 Å². The number of hydrogen-bond donors (Lipinski definition) is 1. The highest BCUT2D eigenvalue weighted by atomic mass is 79.9. The van der Waals surface area contributed by atoms with Gasteiger partial charge >= 0.3 is 0 Å². The van der Waals surface area contributed by atoms with Gasteiger partial charge in [0, 0.05) is 10.0 Å². The summed E-state index contributed by atoms with van der Waals surface area (Å²) in [6, 6.07) is 4.85. The molecule has 4 nitrogen and oxygen atoms in total. The van der Waals surface area contributed by atoms with Gasteiger partial charge in [0.1, 0.15) is 12.1 Å². The molecule has 0 fully saturated rings. The van der Waals surface area contributed by atoms with Gasteiger partial charge in [-0.15, -0.1) is 0 Å². The largest absolute Gasteiger partial charge is 0.313 e. The first-order chi connectivity index (χ1) is 8.19. The number of hydrogen-bond acceptors (Lipinski definition) is 3. The average molecular weight is 299 g/mol. The third kappa shape index (κ3) is 3.10. The Balaban J connectivity index is 2.16. The van der Waals surface area contributed by atoms with E-state index >= 15 is 0 Å². The molecule has 1 heterocycles. The Kier molecular flexibility index (Phi) is 3.86. The van der Waals surface area contributed by atoms with Crippen LogP contribution in [0.4, 0.5) is 4.39 Å². The second-order valence-electron chi connectivity index (χ2n) is 3.62. The van der Waals surface area contributed by atoms with Gasteiger partial charge in [-0.1, -0.05) is 15.9 Å². The normalized spacial score (nSPS) is 10.8. The van der Waals surface area contributed by atoms with E-state index in [-0.39, 0.29) is 5.82 Å². The molecule has 1 N–H and O–H groups in total. The molecule has 0 aliphatic carbocycles. The molecule has 2 rings (SSSR count). The fourth-order valence-corrected chi connectivity index (χ4v) is 1.90. The van der Waals surface area contributed by atoms with Crippen LogP contribution in [0.1, 0.15) is 11.4 Å². The molecule has 0 atom stereocenters. The van der Waals surface area contributed by atoms with E-state index in [9.17, 15) is 4.39 Å². The smallest absolute Gasteiger partial charge is 0.164 e. The lowest BCUT2D eigenvalue weighted by Crippen LogP contribution is -2.08. The Hall–Kier alpha value is -1.27. The summed E-state index contributed by atoms with van der Waals surface area (Å²) in [6.45, 7) is 0.982. The zero-order valence-electron chi connectivity index (χ0n) is 9.32. The van der Waals surface area contributed by atoms with Gasteiger partial charge < -0.3 is 5.32 Å². The Morgan fingerprint density at radius 3 is 3.06 bits per heavy atom. The first kappa shape index (κ1) is 12.2. The molecule has 0 saturated heterocycles. The molecule has 0 unspecified atom stereocenters. The fourth-order valence-electron chi connectivity index (χ4n) is 1.49. The Morgan fingerprint density at radius 1 is 1.47 bits per heavy atom. The molecule has 2 aromatic rings. The quantitative estimate of drug-likeness (QED) is 0.938. The predicted molar refractivity (Wildman–Crippen MR) is 66.0 cm³/mol. The van der Waals surface area contributed by atoms with Gasteiger partial charge in [-0.05, 0) is 25.2 Å². The summed E-state index contributed by atoms with van der Waals surface area (Å²) in [5.41, 5.74) is 0.584. The van der Waals surface area contributed by atoms with Crippen LogP contribution in [0.3, 0.4) is 0 Å². The molecular formula is C11H12BrFN4. The number of halogens is 2. The summed E-state index contributed by atoms with van der Waals surface area (Å²) < 4.78 is 16.0. The van der Waals surface area contributed by atoms with Crippen molar-refractivity contribution in [2.24, 2.45) is 0 Å². The number of benzene rings is 1. The second kappa shape index (κ2) is 5.37. The van der Waals surface area contributed by atoms with Crippen LogP contribution in [0.2, 0.25) is 0 Å². The van der Waals surface area contributed by atoms with E-state index in [1.165, 1.54) is 6.07 Å². The second-order valence-corrected chi connectivity index (χ2v) is 4.54. The molecule has 0 spiro atoms. The number of rotatable bonds is 4. The molecule has 0 saturated carbocycles. The summed E-state index contributed by atoms with van der Waals surface area (Å²) in [5.74, 6) is 0.460. The molecule has 0 aliphatic rings. The highest BCUT2D eigenvalue weighted by Crippen LogP contribution is 2.16. The van der Waals surface area contributed by atoms with Crippen molar-refractivity contribution in [1.82, 2.24) is 20.1 Å². The predicted octanol–water partition coefficient (Wildman–Crippen LogP) is 1.95. The van der Waals surface area contributed by atoms with Gasteiger partial charge in [0.05, 0.1) is 13.1 Å². The molecule has 1 aromatic heterocycles. The van der Waals surface area contributed by atoms with E-state index in [0.717, 1.165) is 4.47 Å². The summed E-state index contributed by atoms with van der Waals surface area (Å²) >= 11 is 3.32. The van der Waals surface area contributed by atoms with E-state index < -0.39 is 0 Å². The Morgan fingerprint density at radius 2 is 2.29 bits per heavy atom. The van der Waals surface area contributed by atoms with Crippen molar-refractivity contribution in [2.45, 2.75) is 13.1 Å². The van der Waals surface area contributed by atoms with E-state index in [0.29, 0.717) is 24.5 Å². The Labute approximate surface area is 107 Å². The minimum atomic E-state index is -0.237. The standard InChI is InChI=1S/C11H12BrFN4/c1-14-5-11-15-7-17(16-11)6-8-4-9(12)2-3-10(8)13/h2-4,7,14H,5-6H2,1H3. The van der Waals surface area contributed by atoms with Gasteiger partial charge in [-0.3, -0.25) is 0 Å². The van der Waals surface area contributed by atoms with Crippen molar-refractivity contribution in [3.63, 3.8) is 0 Å². The van der Waals surface area contributed by atoms with Crippen LogP contribution < -0.4 is 5.32 Å². The van der Waals surface area contributed by atoms with Crippen molar-refractivity contribution >= 4 is 15.9 Å². The van der Waals surface area contributed by atoms with Gasteiger partial charge in [0.15, 0.2) is 5.82 Å². The van der Waals surface area contributed by atoms with Crippen molar-refractivity contribution in [2.75, 3.05) is 7.05 Å². The minimum absolute atomic E-state index is 0.237. The van der Waals surface area contributed by atoms with Crippen molar-refractivity contribution < 1.29 is 4.39 Å². The van der Waals surface area contributed by atoms with Gasteiger partial charge in [-0.25, -0.2) is 14.1 Å². The molecule has 0 radical (unpaired) electrons. The molecule has 0 bridgehead atoms. The van der Waals surface area contributed by atoms with Crippen LogP contribution in [0.25, 0.3) is 0 Å². The maximum absolute atomic E-state index is 13.5. The van der Waals surface area contributed by atoms with Crippen molar-refractivity contribution in [3.05, 3.63) is 46.2 Å². The SMILES string of the molecule is CNCc1ncn(Cc2cc(Br)ccc2F)n1. The van der Waals surface area contributed by atoms with Crippen LogP contribution in [0.15, 0.2) is 29.0 Å². The van der Waals surface area contributed by atoms with Crippen LogP contribution in [0, 0.1) is 5.82 Å². The fraction of sp³-hybridized carbons (Fsp3) is 0.273. The van der Waals surface area contributed by atoms with Gasteiger partial charge in [-0.2, -0.15) is 5.10 Å². The zero-order valence-corrected chi connectivity index (χ0v) is 10.9. The lowest BCUT2D eigenvalue weighted by molar-refractivity contribution is 0.580. The summed E-state index contributed by atoms with van der Waals surface area (Å²) in [6.07, 6.45) is 1.60. The topological polar surface area (TPSA) is 42.7 Å². The summed E-state index contributed by atoms with van der Waals surface area (Å²) in [7, 11) is 1.83. The van der Waals surface area contributed by atoms with Gasteiger partial charge in [0.2, 0.25) is 0 Å². The van der Waals surface area contributed by atoms with Crippen LogP contribution in [-0.2, 0) is 13.1 Å². The molecule has 0 aliphatic heterocycles. The first-order valence-electron chi connectivity index (χ1n) is 5.16. The van der Waals surface area contributed by atoms with E-state index in [4.69, 9.17) is 0 Å². The number of nitrogens with one attached hydrogen (secondary N) is 1. The molecule has 0 amide bonds. The highest BCUT2D eigenvalue weighted by Gasteiger charge is 2.05. The highest BCUT2D eigenvalue weighted by molar-refractivity contribution is 9.10. The van der Waals surface area contributed by atoms with Gasteiger partial charge in [0.25, 0.3) is 0 Å². The van der Waals surface area contributed by atoms with Crippen LogP contribution in [-0.4, -0.2) is 21.8 Å². The number of nitrogens with zero attached hydrogens (tertiary/aromatic N) is 3. The van der Waals surface area contributed by atoms with E-state index in [2.05, 4.69) is 31.3 Å². The zero-order chi connectivity index (χ0) is 12.3. The summed E-state index contributed by atoms with van der Waals surface area (Å²) in [5, 5.41) is 7.19. The van der Waals surface area contributed by atoms with Crippen molar-refractivity contribution in [1.29, 1.82) is 0 Å². The first-order valence-corrected chi connectivity index (χ1v) is 5.95. The van der Waals surface area contributed by atoms with Crippen molar-refractivity contribution in [3.8, 4) is 0 Å². The number of aromatic nitrogens is 3. The minimum Gasteiger partial charge on any atom is -0.313 e. The Bertz CT molecular complexity index is 512. The molecule has 90 valence electrons. The monoisotopic (exact) mass is 298 g/mol. The molecule has 6 heteroatoms. The third-order valence-corrected chi connectivity index (χ3v) is 2.75. The third-order valence-electron chi connectivity index (χ3n) is 2.26. The lowest BCUT2D eigenvalue weighted by atomic mass is 10.2.